The van der Waals surface area contributed by atoms with E-state index in [0.717, 1.165) is 0 Å². The van der Waals surface area contributed by atoms with Crippen LogP contribution in [0, 0.1) is 0 Å². The van der Waals surface area contributed by atoms with Crippen molar-refractivity contribution in [3.05, 3.63) is 66.3 Å². The summed E-state index contributed by atoms with van der Waals surface area (Å²) in [5.41, 5.74) is 5.84. The fraction of sp³-hybridized carbons (Fsp3) is 0.294. The Morgan fingerprint density at radius 2 is 1.71 bits per heavy atom. The zero-order chi connectivity index (χ0) is 11.9. The van der Waals surface area contributed by atoms with Gasteiger partial charge in [0.2, 0.25) is 0 Å². The van der Waals surface area contributed by atoms with Gasteiger partial charge in [0.05, 0.1) is 0 Å². The molecule has 0 amide bonds. The molecular weight excluding hydrogens is 204 g/mol. The summed E-state index contributed by atoms with van der Waals surface area (Å²) in [6.07, 6.45) is 9.25. The van der Waals surface area contributed by atoms with Crippen molar-refractivity contribution in [1.29, 1.82) is 0 Å². The van der Waals surface area contributed by atoms with Crippen molar-refractivity contribution in [2.45, 2.75) is 31.1 Å². The molecule has 0 saturated heterocycles. The van der Waals surface area contributed by atoms with Gasteiger partial charge < -0.3 is 0 Å². The standard InChI is InChI=1S/C17H18/c1-3-13-14-9-5-6-10-16(14)17(15(13)4-2)11-7-8-12-17/h3-6,9-10H,1-2,7-8,11-12H2. The van der Waals surface area contributed by atoms with Crippen molar-refractivity contribution in [3.8, 4) is 0 Å². The summed E-state index contributed by atoms with van der Waals surface area (Å²) in [6.45, 7) is 8.03. The highest BCUT2D eigenvalue weighted by molar-refractivity contribution is 5.87. The Kier molecular flexibility index (Phi) is 2.32. The number of hydrogen-bond acceptors (Lipinski definition) is 0. The average Bonchev–Trinajstić information content (AvgIpc) is 2.95. The van der Waals surface area contributed by atoms with Gasteiger partial charge in [0.25, 0.3) is 0 Å². The lowest BCUT2D eigenvalue weighted by Crippen LogP contribution is -2.21. The number of benzene rings is 1. The Morgan fingerprint density at radius 1 is 1.00 bits per heavy atom. The third-order valence-corrected chi connectivity index (χ3v) is 4.40. The maximum Gasteiger partial charge on any atom is 0.0215 e. The van der Waals surface area contributed by atoms with Gasteiger partial charge in [-0.05, 0) is 35.1 Å². The molecule has 1 saturated carbocycles. The van der Waals surface area contributed by atoms with Gasteiger partial charge in [-0.3, -0.25) is 0 Å². The van der Waals surface area contributed by atoms with E-state index in [1.807, 2.05) is 6.08 Å². The van der Waals surface area contributed by atoms with E-state index in [-0.39, 0.29) is 5.41 Å². The van der Waals surface area contributed by atoms with Gasteiger partial charge in [-0.1, -0.05) is 62.4 Å². The minimum absolute atomic E-state index is 0.252. The summed E-state index contributed by atoms with van der Waals surface area (Å²) in [5, 5.41) is 0. The third kappa shape index (κ3) is 1.24. The molecular formula is C17H18. The predicted molar refractivity (Wildman–Crippen MR) is 73.9 cm³/mol. The lowest BCUT2D eigenvalue weighted by atomic mass is 9.76. The molecule has 3 rings (SSSR count). The molecule has 0 heteroatoms. The van der Waals surface area contributed by atoms with E-state index in [1.54, 1.807) is 0 Å². The monoisotopic (exact) mass is 222 g/mol. The van der Waals surface area contributed by atoms with Crippen LogP contribution >= 0.6 is 0 Å². The number of fused-ring (bicyclic) bond motifs is 2. The van der Waals surface area contributed by atoms with E-state index in [9.17, 15) is 0 Å². The molecule has 86 valence electrons. The molecule has 0 radical (unpaired) electrons. The Morgan fingerprint density at radius 3 is 2.35 bits per heavy atom. The summed E-state index contributed by atoms with van der Waals surface area (Å²) < 4.78 is 0. The van der Waals surface area contributed by atoms with Crippen LogP contribution in [0.3, 0.4) is 0 Å². The van der Waals surface area contributed by atoms with Crippen LogP contribution in [0.15, 0.2) is 55.1 Å². The van der Waals surface area contributed by atoms with Crippen molar-refractivity contribution >= 4 is 5.57 Å². The first-order valence-electron chi connectivity index (χ1n) is 6.43. The molecule has 1 fully saturated rings. The van der Waals surface area contributed by atoms with E-state index in [2.05, 4.69) is 43.5 Å². The lowest BCUT2D eigenvalue weighted by Gasteiger charge is -2.27. The number of allylic oxidation sites excluding steroid dienone is 4. The van der Waals surface area contributed by atoms with Crippen LogP contribution in [0.5, 0.6) is 0 Å². The van der Waals surface area contributed by atoms with Gasteiger partial charge >= 0.3 is 0 Å². The molecule has 1 aromatic rings. The summed E-state index contributed by atoms with van der Waals surface area (Å²) in [4.78, 5) is 0. The molecule has 1 aromatic carbocycles. The number of hydrogen-bond donors (Lipinski definition) is 0. The fourth-order valence-electron chi connectivity index (χ4n) is 3.73. The topological polar surface area (TPSA) is 0 Å². The van der Waals surface area contributed by atoms with Crippen LogP contribution in [0.25, 0.3) is 5.57 Å². The largest absolute Gasteiger partial charge is 0.0987 e. The quantitative estimate of drug-likeness (QED) is 0.684. The molecule has 0 N–H and O–H groups in total. The molecule has 0 aromatic heterocycles. The van der Waals surface area contributed by atoms with Crippen molar-refractivity contribution in [1.82, 2.24) is 0 Å². The Bertz CT molecular complexity index is 511. The lowest BCUT2D eigenvalue weighted by molar-refractivity contribution is 0.545. The van der Waals surface area contributed by atoms with Crippen molar-refractivity contribution in [3.63, 3.8) is 0 Å². The van der Waals surface area contributed by atoms with Crippen LogP contribution in [0.2, 0.25) is 0 Å². The van der Waals surface area contributed by atoms with Crippen LogP contribution < -0.4 is 0 Å². The second kappa shape index (κ2) is 3.73. The zero-order valence-corrected chi connectivity index (χ0v) is 10.2. The van der Waals surface area contributed by atoms with E-state index >= 15 is 0 Å². The summed E-state index contributed by atoms with van der Waals surface area (Å²) >= 11 is 0. The van der Waals surface area contributed by atoms with E-state index in [4.69, 9.17) is 0 Å². The van der Waals surface area contributed by atoms with E-state index in [1.165, 1.54) is 48.0 Å². The highest BCUT2D eigenvalue weighted by Gasteiger charge is 2.44. The highest BCUT2D eigenvalue weighted by Crippen LogP contribution is 2.55. The molecule has 2 aliphatic carbocycles. The zero-order valence-electron chi connectivity index (χ0n) is 10.2. The second-order valence-corrected chi connectivity index (χ2v) is 5.07. The maximum absolute atomic E-state index is 4.04. The van der Waals surface area contributed by atoms with Crippen LogP contribution in [0.1, 0.15) is 36.8 Å². The summed E-state index contributed by atoms with van der Waals surface area (Å²) in [5.74, 6) is 0. The van der Waals surface area contributed by atoms with Crippen molar-refractivity contribution in [2.24, 2.45) is 0 Å². The highest BCUT2D eigenvalue weighted by atomic mass is 14.5. The van der Waals surface area contributed by atoms with Crippen molar-refractivity contribution < 1.29 is 0 Å². The Balaban J connectivity index is 2.31. The maximum atomic E-state index is 4.04. The first-order valence-corrected chi connectivity index (χ1v) is 6.43. The van der Waals surface area contributed by atoms with Gasteiger partial charge in [-0.25, -0.2) is 0 Å². The van der Waals surface area contributed by atoms with Crippen LogP contribution in [0.4, 0.5) is 0 Å². The fourth-order valence-corrected chi connectivity index (χ4v) is 3.73. The number of rotatable bonds is 2. The Labute approximate surface area is 103 Å². The van der Waals surface area contributed by atoms with E-state index < -0.39 is 0 Å². The molecule has 0 bridgehead atoms. The van der Waals surface area contributed by atoms with Gasteiger partial charge in [0.1, 0.15) is 0 Å². The normalized spacial score (nSPS) is 20.7. The third-order valence-electron chi connectivity index (χ3n) is 4.40. The first-order chi connectivity index (χ1) is 8.33. The molecule has 2 aliphatic rings. The van der Waals surface area contributed by atoms with E-state index in [0.29, 0.717) is 0 Å². The smallest absolute Gasteiger partial charge is 0.0215 e. The molecule has 17 heavy (non-hydrogen) atoms. The second-order valence-electron chi connectivity index (χ2n) is 5.07. The minimum atomic E-state index is 0.252. The minimum Gasteiger partial charge on any atom is -0.0987 e. The summed E-state index contributed by atoms with van der Waals surface area (Å²) in [6, 6.07) is 8.80. The van der Waals surface area contributed by atoms with Crippen molar-refractivity contribution in [2.75, 3.05) is 0 Å². The predicted octanol–water partition coefficient (Wildman–Crippen LogP) is 4.64. The molecule has 0 heterocycles. The molecule has 0 aliphatic heterocycles. The average molecular weight is 222 g/mol. The van der Waals surface area contributed by atoms with Crippen LogP contribution in [-0.4, -0.2) is 0 Å². The molecule has 0 nitrogen and oxygen atoms in total. The van der Waals surface area contributed by atoms with Gasteiger partial charge in [-0.15, -0.1) is 0 Å². The molecule has 0 atom stereocenters. The van der Waals surface area contributed by atoms with Crippen LogP contribution in [-0.2, 0) is 5.41 Å². The van der Waals surface area contributed by atoms with Gasteiger partial charge in [-0.2, -0.15) is 0 Å². The SMILES string of the molecule is C=CC1=C(C=C)C2(CCCC2)c2ccccc21. The Hall–Kier alpha value is -1.56. The first kappa shape index (κ1) is 10.6. The van der Waals surface area contributed by atoms with Gasteiger partial charge in [0.15, 0.2) is 0 Å². The summed E-state index contributed by atoms with van der Waals surface area (Å²) in [7, 11) is 0. The molecule has 0 unspecified atom stereocenters. The molecule has 1 spiro atoms. The van der Waals surface area contributed by atoms with Gasteiger partial charge in [0, 0.05) is 5.41 Å².